The Morgan fingerprint density at radius 2 is 2.25 bits per heavy atom. The average molecular weight is 250 g/mol. The lowest BCUT2D eigenvalue weighted by atomic mass is 10.0. The first-order valence-electron chi connectivity index (χ1n) is 5.70. The molecule has 0 bridgehead atoms. The van der Waals surface area contributed by atoms with Crippen LogP contribution in [-0.2, 0) is 14.8 Å². The Morgan fingerprint density at radius 1 is 1.50 bits per heavy atom. The molecule has 1 N–H and O–H groups in total. The topological polar surface area (TPSA) is 58.6 Å². The fourth-order valence-corrected chi connectivity index (χ4v) is 3.34. The lowest BCUT2D eigenvalue weighted by Crippen LogP contribution is -2.39. The fourth-order valence-electron chi connectivity index (χ4n) is 1.85. The third-order valence-corrected chi connectivity index (χ3v) is 4.96. The van der Waals surface area contributed by atoms with E-state index in [1.54, 1.807) is 14.2 Å². The molecule has 6 heteroatoms. The van der Waals surface area contributed by atoms with E-state index in [1.807, 2.05) is 0 Å². The first-order valence-corrected chi connectivity index (χ1v) is 7.31. The van der Waals surface area contributed by atoms with Crippen molar-refractivity contribution in [2.24, 2.45) is 5.92 Å². The van der Waals surface area contributed by atoms with Crippen molar-refractivity contribution in [2.45, 2.75) is 12.8 Å². The van der Waals surface area contributed by atoms with Crippen molar-refractivity contribution in [3.8, 4) is 0 Å². The zero-order valence-corrected chi connectivity index (χ0v) is 10.9. The van der Waals surface area contributed by atoms with E-state index in [2.05, 4.69) is 5.32 Å². The molecule has 1 aliphatic heterocycles. The first-order chi connectivity index (χ1) is 7.56. The molecule has 1 heterocycles. The van der Waals surface area contributed by atoms with Crippen LogP contribution in [0.2, 0.25) is 0 Å². The lowest BCUT2D eigenvalue weighted by Gasteiger charge is -2.25. The fraction of sp³-hybridized carbons (Fsp3) is 1.00. The van der Waals surface area contributed by atoms with E-state index >= 15 is 0 Å². The summed E-state index contributed by atoms with van der Waals surface area (Å²) in [5, 5.41) is 3.23. The van der Waals surface area contributed by atoms with E-state index in [0.29, 0.717) is 13.2 Å². The molecule has 0 radical (unpaired) electrons. The highest BCUT2D eigenvalue weighted by Crippen LogP contribution is 2.14. The van der Waals surface area contributed by atoms with Crippen LogP contribution in [0.25, 0.3) is 0 Å². The number of nitrogens with one attached hydrogen (secondary N) is 1. The molecule has 0 saturated carbocycles. The first kappa shape index (κ1) is 13.9. The summed E-state index contributed by atoms with van der Waals surface area (Å²) in [5.41, 5.74) is 0. The Kier molecular flexibility index (Phi) is 5.68. The van der Waals surface area contributed by atoms with Gasteiger partial charge in [0.25, 0.3) is 0 Å². The van der Waals surface area contributed by atoms with Crippen molar-refractivity contribution >= 4 is 10.0 Å². The normalized spacial score (nSPS) is 22.6. The molecular weight excluding hydrogens is 228 g/mol. The van der Waals surface area contributed by atoms with Crippen molar-refractivity contribution in [1.29, 1.82) is 0 Å². The average Bonchev–Trinajstić information content (AvgIpc) is 2.26. The summed E-state index contributed by atoms with van der Waals surface area (Å²) < 4.78 is 30.2. The Labute approximate surface area is 98.2 Å². The molecule has 0 aromatic heterocycles. The molecule has 0 spiro atoms. The lowest BCUT2D eigenvalue weighted by molar-refractivity contribution is 0.185. The van der Waals surface area contributed by atoms with Gasteiger partial charge in [0.2, 0.25) is 10.0 Å². The van der Waals surface area contributed by atoms with E-state index in [0.717, 1.165) is 25.9 Å². The maximum absolute atomic E-state index is 11.9. The molecule has 16 heavy (non-hydrogen) atoms. The van der Waals surface area contributed by atoms with Gasteiger partial charge in [0.1, 0.15) is 0 Å². The van der Waals surface area contributed by atoms with Crippen LogP contribution in [0.5, 0.6) is 0 Å². The van der Waals surface area contributed by atoms with Gasteiger partial charge < -0.3 is 10.1 Å². The second kappa shape index (κ2) is 6.54. The van der Waals surface area contributed by atoms with Crippen molar-refractivity contribution in [2.75, 3.05) is 46.2 Å². The van der Waals surface area contributed by atoms with Gasteiger partial charge in [0, 0.05) is 20.7 Å². The SMILES string of the molecule is COCCN(C)S(=O)(=O)CC1CCCNC1. The highest BCUT2D eigenvalue weighted by Gasteiger charge is 2.24. The molecule has 5 nitrogen and oxygen atoms in total. The third kappa shape index (κ3) is 4.37. The number of hydrogen-bond donors (Lipinski definition) is 1. The van der Waals surface area contributed by atoms with Crippen LogP contribution in [0.1, 0.15) is 12.8 Å². The van der Waals surface area contributed by atoms with Gasteiger partial charge in [0.15, 0.2) is 0 Å². The minimum absolute atomic E-state index is 0.250. The van der Waals surface area contributed by atoms with Gasteiger partial charge in [-0.3, -0.25) is 0 Å². The molecule has 0 aromatic carbocycles. The van der Waals surface area contributed by atoms with Gasteiger partial charge >= 0.3 is 0 Å². The summed E-state index contributed by atoms with van der Waals surface area (Å²) in [4.78, 5) is 0. The molecule has 0 aromatic rings. The van der Waals surface area contributed by atoms with Crippen LogP contribution >= 0.6 is 0 Å². The van der Waals surface area contributed by atoms with E-state index in [1.165, 1.54) is 4.31 Å². The second-order valence-corrected chi connectivity index (χ2v) is 6.43. The van der Waals surface area contributed by atoms with Crippen LogP contribution in [0.15, 0.2) is 0 Å². The van der Waals surface area contributed by atoms with Crippen LogP contribution < -0.4 is 5.32 Å². The molecule has 1 aliphatic rings. The third-order valence-electron chi connectivity index (χ3n) is 2.93. The van der Waals surface area contributed by atoms with Crippen LogP contribution in [-0.4, -0.2) is 58.9 Å². The highest BCUT2D eigenvalue weighted by atomic mass is 32.2. The van der Waals surface area contributed by atoms with Gasteiger partial charge in [-0.15, -0.1) is 0 Å². The second-order valence-electron chi connectivity index (χ2n) is 4.31. The number of rotatable bonds is 6. The van der Waals surface area contributed by atoms with E-state index < -0.39 is 10.0 Å². The summed E-state index contributed by atoms with van der Waals surface area (Å²) in [6.45, 7) is 2.70. The minimum atomic E-state index is -3.12. The molecule has 0 amide bonds. The highest BCUT2D eigenvalue weighted by molar-refractivity contribution is 7.89. The molecule has 1 rings (SSSR count). The quantitative estimate of drug-likeness (QED) is 0.715. The number of methoxy groups -OCH3 is 1. The predicted molar refractivity (Wildman–Crippen MR) is 63.9 cm³/mol. The Morgan fingerprint density at radius 3 is 2.81 bits per heavy atom. The Bertz CT molecular complexity index is 286. The Balaban J connectivity index is 2.42. The number of hydrogen-bond acceptors (Lipinski definition) is 4. The monoisotopic (exact) mass is 250 g/mol. The molecule has 1 unspecified atom stereocenters. The number of piperidine rings is 1. The van der Waals surface area contributed by atoms with Crippen molar-refractivity contribution in [1.82, 2.24) is 9.62 Å². The van der Waals surface area contributed by atoms with Crippen LogP contribution in [0.4, 0.5) is 0 Å². The maximum Gasteiger partial charge on any atom is 0.214 e. The zero-order chi connectivity index (χ0) is 12.0. The largest absolute Gasteiger partial charge is 0.383 e. The molecule has 96 valence electrons. The van der Waals surface area contributed by atoms with E-state index in [-0.39, 0.29) is 11.7 Å². The molecule has 1 atom stereocenters. The smallest absolute Gasteiger partial charge is 0.214 e. The standard InChI is InChI=1S/C10H22N2O3S/c1-12(6-7-15-2)16(13,14)9-10-4-3-5-11-8-10/h10-11H,3-9H2,1-2H3. The van der Waals surface area contributed by atoms with Crippen molar-refractivity contribution in [3.05, 3.63) is 0 Å². The zero-order valence-electron chi connectivity index (χ0n) is 10.1. The molecule has 1 fully saturated rings. The van der Waals surface area contributed by atoms with Gasteiger partial charge in [-0.1, -0.05) is 0 Å². The summed E-state index contributed by atoms with van der Waals surface area (Å²) >= 11 is 0. The number of sulfonamides is 1. The van der Waals surface area contributed by atoms with Gasteiger partial charge in [-0.05, 0) is 31.8 Å². The Hall–Kier alpha value is -0.170. The van der Waals surface area contributed by atoms with Gasteiger partial charge in [-0.25, -0.2) is 12.7 Å². The molecular formula is C10H22N2O3S. The van der Waals surface area contributed by atoms with Gasteiger partial charge in [0.05, 0.1) is 12.4 Å². The summed E-state index contributed by atoms with van der Waals surface area (Å²) in [6, 6.07) is 0. The van der Waals surface area contributed by atoms with Gasteiger partial charge in [-0.2, -0.15) is 0 Å². The van der Waals surface area contributed by atoms with Crippen molar-refractivity contribution in [3.63, 3.8) is 0 Å². The summed E-state index contributed by atoms with van der Waals surface area (Å²) in [7, 11) is 0.0718. The predicted octanol–water partition coefficient (Wildman–Crippen LogP) is -0.106. The van der Waals surface area contributed by atoms with Crippen LogP contribution in [0.3, 0.4) is 0 Å². The minimum Gasteiger partial charge on any atom is -0.383 e. The van der Waals surface area contributed by atoms with E-state index in [9.17, 15) is 8.42 Å². The van der Waals surface area contributed by atoms with E-state index in [4.69, 9.17) is 4.74 Å². The summed E-state index contributed by atoms with van der Waals surface area (Å²) in [5.74, 6) is 0.504. The molecule has 0 aliphatic carbocycles. The number of nitrogens with zero attached hydrogens (tertiary/aromatic N) is 1. The van der Waals surface area contributed by atoms with Crippen LogP contribution in [0, 0.1) is 5.92 Å². The number of likely N-dealkylation sites (N-methyl/N-ethyl adjacent to an activating group) is 1. The maximum atomic E-state index is 11.9. The van der Waals surface area contributed by atoms with Crippen molar-refractivity contribution < 1.29 is 13.2 Å². The molecule has 1 saturated heterocycles. The number of ether oxygens (including phenoxy) is 1. The summed E-state index contributed by atoms with van der Waals surface area (Å²) in [6.07, 6.45) is 2.08.